The minimum absolute atomic E-state index is 0.0520. The molecule has 1 aromatic carbocycles. The summed E-state index contributed by atoms with van der Waals surface area (Å²) in [6, 6.07) is 7.92. The Kier molecular flexibility index (Phi) is 4.69. The van der Waals surface area contributed by atoms with Crippen molar-refractivity contribution in [3.8, 4) is 11.1 Å². The van der Waals surface area contributed by atoms with Crippen LogP contribution in [0, 0.1) is 6.92 Å². The standard InChI is InChI=1S/C18H18F3N/c1-4-6-16(19)17-12(2)9-14(11-22-17)13-7-5-8-15(10-13)18(3,20)21/h5-11H,4H2,1-3H3/b16-6+. The van der Waals surface area contributed by atoms with E-state index in [-0.39, 0.29) is 11.4 Å². The van der Waals surface area contributed by atoms with Gasteiger partial charge in [0.05, 0.1) is 0 Å². The van der Waals surface area contributed by atoms with Crippen LogP contribution in [0.5, 0.6) is 0 Å². The number of rotatable bonds is 4. The van der Waals surface area contributed by atoms with Gasteiger partial charge in [0.25, 0.3) is 5.92 Å². The molecule has 1 aromatic heterocycles. The fourth-order valence-electron chi connectivity index (χ4n) is 2.23. The number of benzene rings is 1. The maximum atomic E-state index is 13.9. The van der Waals surface area contributed by atoms with Crippen molar-refractivity contribution >= 4 is 5.83 Å². The van der Waals surface area contributed by atoms with E-state index in [4.69, 9.17) is 0 Å². The highest BCUT2D eigenvalue weighted by atomic mass is 19.3. The van der Waals surface area contributed by atoms with Crippen molar-refractivity contribution in [2.75, 3.05) is 0 Å². The highest BCUT2D eigenvalue weighted by molar-refractivity contribution is 5.68. The number of halogens is 3. The SMILES string of the molecule is CC/C=C(/F)c1ncc(-c2cccc(C(C)(F)F)c2)cc1C. The lowest BCUT2D eigenvalue weighted by molar-refractivity contribution is 0.0175. The molecule has 0 unspecified atom stereocenters. The monoisotopic (exact) mass is 305 g/mol. The summed E-state index contributed by atoms with van der Waals surface area (Å²) in [7, 11) is 0. The Morgan fingerprint density at radius 1 is 1.23 bits per heavy atom. The van der Waals surface area contributed by atoms with Crippen molar-refractivity contribution in [3.05, 3.63) is 59.4 Å². The van der Waals surface area contributed by atoms with Crippen LogP contribution in [-0.4, -0.2) is 4.98 Å². The first-order valence-electron chi connectivity index (χ1n) is 7.14. The van der Waals surface area contributed by atoms with Gasteiger partial charge < -0.3 is 0 Å². The van der Waals surface area contributed by atoms with Crippen molar-refractivity contribution in [2.24, 2.45) is 0 Å². The molecular formula is C18H18F3N. The van der Waals surface area contributed by atoms with Crippen LogP contribution in [-0.2, 0) is 5.92 Å². The van der Waals surface area contributed by atoms with Gasteiger partial charge in [0.2, 0.25) is 0 Å². The normalized spacial score (nSPS) is 12.5. The molecule has 0 saturated heterocycles. The average Bonchev–Trinajstić information content (AvgIpc) is 2.46. The van der Waals surface area contributed by atoms with Gasteiger partial charge in [-0.3, -0.25) is 4.98 Å². The van der Waals surface area contributed by atoms with Crippen LogP contribution in [0.15, 0.2) is 42.6 Å². The van der Waals surface area contributed by atoms with E-state index in [9.17, 15) is 13.2 Å². The number of aromatic nitrogens is 1. The molecule has 1 heterocycles. The van der Waals surface area contributed by atoms with Crippen LogP contribution < -0.4 is 0 Å². The zero-order chi connectivity index (χ0) is 16.3. The molecule has 22 heavy (non-hydrogen) atoms. The Balaban J connectivity index is 2.43. The number of allylic oxidation sites excluding steroid dienone is 1. The Labute approximate surface area is 128 Å². The molecule has 0 radical (unpaired) electrons. The zero-order valence-corrected chi connectivity index (χ0v) is 12.8. The van der Waals surface area contributed by atoms with Gasteiger partial charge in [-0.25, -0.2) is 13.2 Å². The summed E-state index contributed by atoms with van der Waals surface area (Å²) in [6.07, 6.45) is 3.56. The number of nitrogens with zero attached hydrogens (tertiary/aromatic N) is 1. The fourth-order valence-corrected chi connectivity index (χ4v) is 2.23. The number of hydrogen-bond acceptors (Lipinski definition) is 1. The van der Waals surface area contributed by atoms with Crippen molar-refractivity contribution in [1.82, 2.24) is 4.98 Å². The first-order chi connectivity index (χ1) is 10.3. The van der Waals surface area contributed by atoms with E-state index in [1.54, 1.807) is 25.1 Å². The summed E-state index contributed by atoms with van der Waals surface area (Å²) in [5.74, 6) is -3.26. The van der Waals surface area contributed by atoms with E-state index in [0.29, 0.717) is 28.8 Å². The van der Waals surface area contributed by atoms with Gasteiger partial charge in [0.1, 0.15) is 11.5 Å². The van der Waals surface area contributed by atoms with Crippen LogP contribution in [0.25, 0.3) is 17.0 Å². The van der Waals surface area contributed by atoms with Crippen molar-refractivity contribution in [3.63, 3.8) is 0 Å². The number of pyridine rings is 1. The lowest BCUT2D eigenvalue weighted by Crippen LogP contribution is -2.06. The number of hydrogen-bond donors (Lipinski definition) is 0. The average molecular weight is 305 g/mol. The molecule has 0 fully saturated rings. The summed E-state index contributed by atoms with van der Waals surface area (Å²) in [6.45, 7) is 4.47. The molecule has 1 nitrogen and oxygen atoms in total. The molecule has 2 aromatic rings. The Hall–Kier alpha value is -2.10. The van der Waals surface area contributed by atoms with E-state index in [2.05, 4.69) is 4.98 Å². The molecule has 0 aliphatic heterocycles. The van der Waals surface area contributed by atoms with Crippen molar-refractivity contribution in [1.29, 1.82) is 0 Å². The van der Waals surface area contributed by atoms with E-state index in [0.717, 1.165) is 6.92 Å². The quantitative estimate of drug-likeness (QED) is 0.686. The number of aryl methyl sites for hydroxylation is 1. The molecule has 0 bridgehead atoms. The summed E-state index contributed by atoms with van der Waals surface area (Å²) in [5.41, 5.74) is 2.25. The van der Waals surface area contributed by atoms with Crippen LogP contribution in [0.3, 0.4) is 0 Å². The maximum Gasteiger partial charge on any atom is 0.270 e. The molecule has 2 rings (SSSR count). The van der Waals surface area contributed by atoms with Gasteiger partial charge in [-0.05, 0) is 42.7 Å². The van der Waals surface area contributed by atoms with Crippen LogP contribution >= 0.6 is 0 Å². The predicted molar refractivity (Wildman–Crippen MR) is 83.4 cm³/mol. The molecule has 0 aliphatic rings. The van der Waals surface area contributed by atoms with E-state index in [1.165, 1.54) is 24.4 Å². The second-order valence-corrected chi connectivity index (χ2v) is 5.32. The Morgan fingerprint density at radius 3 is 2.55 bits per heavy atom. The molecule has 0 amide bonds. The summed E-state index contributed by atoms with van der Waals surface area (Å²) >= 11 is 0. The largest absolute Gasteiger partial charge is 0.270 e. The molecule has 0 spiro atoms. The third-order valence-electron chi connectivity index (χ3n) is 3.39. The molecule has 0 saturated carbocycles. The van der Waals surface area contributed by atoms with E-state index in [1.807, 2.05) is 6.92 Å². The molecule has 116 valence electrons. The maximum absolute atomic E-state index is 13.9. The third-order valence-corrected chi connectivity index (χ3v) is 3.39. The molecule has 0 N–H and O–H groups in total. The van der Waals surface area contributed by atoms with E-state index < -0.39 is 5.92 Å². The highest BCUT2D eigenvalue weighted by Gasteiger charge is 2.24. The summed E-state index contributed by atoms with van der Waals surface area (Å²) < 4.78 is 40.7. The first-order valence-corrected chi connectivity index (χ1v) is 7.14. The zero-order valence-electron chi connectivity index (χ0n) is 12.8. The van der Waals surface area contributed by atoms with Gasteiger partial charge in [-0.1, -0.05) is 25.1 Å². The molecule has 4 heteroatoms. The third kappa shape index (κ3) is 3.56. The minimum atomic E-state index is -2.89. The molecule has 0 aliphatic carbocycles. The lowest BCUT2D eigenvalue weighted by Gasteiger charge is -2.12. The first kappa shape index (κ1) is 16.3. The van der Waals surface area contributed by atoms with Crippen molar-refractivity contribution in [2.45, 2.75) is 33.1 Å². The Bertz CT molecular complexity index is 700. The topological polar surface area (TPSA) is 12.9 Å². The second kappa shape index (κ2) is 6.34. The second-order valence-electron chi connectivity index (χ2n) is 5.32. The van der Waals surface area contributed by atoms with Crippen molar-refractivity contribution < 1.29 is 13.2 Å². The number of alkyl halides is 2. The van der Waals surface area contributed by atoms with Gasteiger partial charge in [-0.2, -0.15) is 0 Å². The van der Waals surface area contributed by atoms with Crippen LogP contribution in [0.4, 0.5) is 13.2 Å². The minimum Gasteiger partial charge on any atom is -0.253 e. The molecule has 0 atom stereocenters. The fraction of sp³-hybridized carbons (Fsp3) is 0.278. The lowest BCUT2D eigenvalue weighted by atomic mass is 10.00. The summed E-state index contributed by atoms with van der Waals surface area (Å²) in [4.78, 5) is 4.13. The predicted octanol–water partition coefficient (Wildman–Crippen LogP) is 5.89. The highest BCUT2D eigenvalue weighted by Crippen LogP contribution is 2.31. The Morgan fingerprint density at radius 2 is 1.95 bits per heavy atom. The van der Waals surface area contributed by atoms with Gasteiger partial charge in [0.15, 0.2) is 0 Å². The summed E-state index contributed by atoms with van der Waals surface area (Å²) in [5, 5.41) is 0. The van der Waals surface area contributed by atoms with Gasteiger partial charge in [-0.15, -0.1) is 0 Å². The van der Waals surface area contributed by atoms with Gasteiger partial charge in [0, 0.05) is 24.2 Å². The van der Waals surface area contributed by atoms with Gasteiger partial charge >= 0.3 is 0 Å². The van der Waals surface area contributed by atoms with Crippen LogP contribution in [0.1, 0.15) is 37.1 Å². The van der Waals surface area contributed by atoms with Crippen LogP contribution in [0.2, 0.25) is 0 Å². The van der Waals surface area contributed by atoms with E-state index >= 15 is 0 Å². The smallest absolute Gasteiger partial charge is 0.253 e. The molecular weight excluding hydrogens is 287 g/mol.